The van der Waals surface area contributed by atoms with Gasteiger partial charge >= 0.3 is 21.1 Å². The Kier molecular flexibility index (Phi) is 7.45. The van der Waals surface area contributed by atoms with Gasteiger partial charge in [-0.15, -0.1) is 29.3 Å². The summed E-state index contributed by atoms with van der Waals surface area (Å²) in [6.07, 6.45) is 1.86. The number of pyridine rings is 2. The Morgan fingerprint density at radius 2 is 1.35 bits per heavy atom. The third-order valence-electron chi connectivity index (χ3n) is 10.0. The van der Waals surface area contributed by atoms with E-state index in [9.17, 15) is 0 Å². The maximum atomic E-state index is 5.35. The number of aryl methyl sites for hydroxylation is 2. The van der Waals surface area contributed by atoms with E-state index in [4.69, 9.17) is 15.0 Å². The van der Waals surface area contributed by atoms with Gasteiger partial charge in [-0.25, -0.2) is 4.98 Å². The molecule has 0 radical (unpaired) electrons. The van der Waals surface area contributed by atoms with Gasteiger partial charge in [-0.05, 0) is 76.3 Å². The molecule has 0 saturated heterocycles. The molecule has 4 aromatic heterocycles. The van der Waals surface area contributed by atoms with Gasteiger partial charge in [0.15, 0.2) is 0 Å². The van der Waals surface area contributed by atoms with E-state index in [0.717, 1.165) is 72.1 Å². The Morgan fingerprint density at radius 1 is 0.627 bits per heavy atom. The van der Waals surface area contributed by atoms with E-state index >= 15 is 0 Å². The van der Waals surface area contributed by atoms with Crippen molar-refractivity contribution >= 4 is 54.5 Å². The molecule has 4 nitrogen and oxygen atoms in total. The van der Waals surface area contributed by atoms with Crippen molar-refractivity contribution in [3.63, 3.8) is 0 Å². The number of benzene rings is 6. The van der Waals surface area contributed by atoms with Crippen LogP contribution in [0.2, 0.25) is 0 Å². The van der Waals surface area contributed by atoms with Crippen molar-refractivity contribution in [3.05, 3.63) is 163 Å². The summed E-state index contributed by atoms with van der Waals surface area (Å²) in [5.41, 5.74) is 12.6. The van der Waals surface area contributed by atoms with E-state index in [1.54, 1.807) is 0 Å². The maximum absolute atomic E-state index is 5.35. The standard InChI is InChI=1S/C46H30N4.Pt/c1-28-11-7-12-29(2)43(28)33-26-31(35-16-8-17-37-36-15-5-6-19-40(36)49-45(35)37)25-32(27-33)39-20-9-21-42(48-39)50-41-23-22-30-13-3-4-14-34(30)44(41)38-18-10-24-47-46(38)50;/h3-24,26-27H,1-2H3;/q-2;+2. The van der Waals surface area contributed by atoms with Gasteiger partial charge in [0, 0.05) is 22.7 Å². The Morgan fingerprint density at radius 3 is 2.24 bits per heavy atom. The minimum atomic E-state index is 0. The summed E-state index contributed by atoms with van der Waals surface area (Å²) in [5.74, 6) is 0.815. The number of aromatic nitrogens is 4. The monoisotopic (exact) mass is 833 g/mol. The van der Waals surface area contributed by atoms with E-state index in [1.807, 2.05) is 18.3 Å². The molecule has 10 aromatic rings. The van der Waals surface area contributed by atoms with Crippen molar-refractivity contribution in [2.24, 2.45) is 0 Å². The van der Waals surface area contributed by atoms with Gasteiger partial charge in [0.05, 0.1) is 5.52 Å². The van der Waals surface area contributed by atoms with Crippen molar-refractivity contribution in [1.29, 1.82) is 0 Å². The molecular weight excluding hydrogens is 804 g/mol. The van der Waals surface area contributed by atoms with Crippen LogP contribution in [0.4, 0.5) is 0 Å². The zero-order valence-electron chi connectivity index (χ0n) is 28.0. The molecule has 0 atom stereocenters. The average molecular weight is 834 g/mol. The topological polar surface area (TPSA) is 44.8 Å². The first-order chi connectivity index (χ1) is 24.6. The summed E-state index contributed by atoms with van der Waals surface area (Å²) in [6, 6.07) is 53.0. The Hall–Kier alpha value is -5.83. The average Bonchev–Trinajstić information content (AvgIpc) is 3.71. The zero-order valence-corrected chi connectivity index (χ0v) is 30.2. The van der Waals surface area contributed by atoms with E-state index in [-0.39, 0.29) is 21.1 Å². The Bertz CT molecular complexity index is 2950. The minimum Gasteiger partial charge on any atom is -0.663 e. The predicted octanol–water partition coefficient (Wildman–Crippen LogP) is 11.4. The van der Waals surface area contributed by atoms with Crippen LogP contribution in [0.3, 0.4) is 0 Å². The van der Waals surface area contributed by atoms with E-state index in [1.165, 1.54) is 32.8 Å². The maximum Gasteiger partial charge on any atom is 2.00 e. The third kappa shape index (κ3) is 4.93. The van der Waals surface area contributed by atoms with Crippen LogP contribution in [0.25, 0.3) is 93.8 Å². The summed E-state index contributed by atoms with van der Waals surface area (Å²) in [7, 11) is 0. The van der Waals surface area contributed by atoms with Gasteiger partial charge in [0.2, 0.25) is 0 Å². The summed E-state index contributed by atoms with van der Waals surface area (Å²) < 4.78 is 2.19. The normalized spacial score (nSPS) is 11.6. The SMILES string of the molecule is Cc1cccc(C)c1-c1cc(-c2cccc(-n3c4ccc5ccccc5c4c4cccnc43)n2)[c-]c(-c2cccc3c2[n-]c2ccccc23)c1.[Pt+2]. The molecule has 51 heavy (non-hydrogen) atoms. The predicted molar refractivity (Wildman–Crippen MR) is 207 cm³/mol. The van der Waals surface area contributed by atoms with Crippen LogP contribution < -0.4 is 4.98 Å². The molecule has 244 valence electrons. The summed E-state index contributed by atoms with van der Waals surface area (Å²) in [4.78, 5) is 15.4. The van der Waals surface area contributed by atoms with Gasteiger partial charge in [-0.3, -0.25) is 9.55 Å². The van der Waals surface area contributed by atoms with E-state index in [0.29, 0.717) is 0 Å². The number of hydrogen-bond acceptors (Lipinski definition) is 2. The van der Waals surface area contributed by atoms with Crippen LogP contribution in [0.5, 0.6) is 0 Å². The van der Waals surface area contributed by atoms with Crippen molar-refractivity contribution in [1.82, 2.24) is 19.5 Å². The van der Waals surface area contributed by atoms with E-state index < -0.39 is 0 Å². The third-order valence-corrected chi connectivity index (χ3v) is 10.0. The molecule has 0 aliphatic carbocycles. The van der Waals surface area contributed by atoms with E-state index in [2.05, 4.69) is 152 Å². The van der Waals surface area contributed by atoms with Crippen LogP contribution >= 0.6 is 0 Å². The zero-order chi connectivity index (χ0) is 33.3. The fourth-order valence-electron chi connectivity index (χ4n) is 7.83. The van der Waals surface area contributed by atoms with Gasteiger partial charge in [-0.1, -0.05) is 120 Å². The van der Waals surface area contributed by atoms with Gasteiger partial charge in [-0.2, -0.15) is 5.52 Å². The summed E-state index contributed by atoms with van der Waals surface area (Å²) >= 11 is 0. The van der Waals surface area contributed by atoms with Crippen molar-refractivity contribution in [2.45, 2.75) is 13.8 Å². The number of rotatable bonds is 4. The van der Waals surface area contributed by atoms with Crippen LogP contribution in [0.1, 0.15) is 11.1 Å². The first kappa shape index (κ1) is 31.2. The first-order valence-corrected chi connectivity index (χ1v) is 17.0. The quantitative estimate of drug-likeness (QED) is 0.166. The molecule has 0 aliphatic rings. The number of nitrogens with zero attached hydrogens (tertiary/aromatic N) is 4. The molecule has 0 bridgehead atoms. The summed E-state index contributed by atoms with van der Waals surface area (Å²) in [5, 5.41) is 7.03. The van der Waals surface area contributed by atoms with Gasteiger partial charge in [0.1, 0.15) is 11.5 Å². The van der Waals surface area contributed by atoms with Crippen molar-refractivity contribution in [2.75, 3.05) is 0 Å². The largest absolute Gasteiger partial charge is 2.00 e. The fourth-order valence-corrected chi connectivity index (χ4v) is 7.83. The number of fused-ring (bicyclic) bond motifs is 8. The molecule has 0 fully saturated rings. The van der Waals surface area contributed by atoms with Crippen LogP contribution in [0.15, 0.2) is 146 Å². The van der Waals surface area contributed by atoms with Gasteiger partial charge in [0.25, 0.3) is 0 Å². The van der Waals surface area contributed by atoms with Crippen molar-refractivity contribution in [3.8, 4) is 39.3 Å². The number of para-hydroxylation sites is 2. The number of hydrogen-bond donors (Lipinski definition) is 0. The molecule has 0 unspecified atom stereocenters. The fraction of sp³-hybridized carbons (Fsp3) is 0.0435. The first-order valence-electron chi connectivity index (χ1n) is 17.0. The smallest absolute Gasteiger partial charge is 0.663 e. The molecule has 0 aliphatic heterocycles. The second-order valence-corrected chi connectivity index (χ2v) is 13.1. The molecule has 4 heterocycles. The molecule has 0 saturated carbocycles. The van der Waals surface area contributed by atoms with Crippen LogP contribution in [-0.4, -0.2) is 14.5 Å². The molecular formula is C46H30N4Pt. The Labute approximate surface area is 309 Å². The minimum absolute atomic E-state index is 0. The molecule has 0 spiro atoms. The summed E-state index contributed by atoms with van der Waals surface area (Å²) in [6.45, 7) is 4.37. The molecule has 10 rings (SSSR count). The second kappa shape index (κ2) is 12.2. The molecule has 6 aromatic carbocycles. The molecule has 5 heteroatoms. The van der Waals surface area contributed by atoms with Crippen LogP contribution in [-0.2, 0) is 21.1 Å². The van der Waals surface area contributed by atoms with Gasteiger partial charge < -0.3 is 4.98 Å². The second-order valence-electron chi connectivity index (χ2n) is 13.1. The van der Waals surface area contributed by atoms with Crippen LogP contribution in [0, 0.1) is 19.9 Å². The molecule has 0 amide bonds. The van der Waals surface area contributed by atoms with Crippen molar-refractivity contribution < 1.29 is 21.1 Å². The Balaban J connectivity index is 0.00000348. The molecule has 0 N–H and O–H groups in total.